The Bertz CT molecular complexity index is 558. The maximum atomic E-state index is 13.8. The fraction of sp³-hybridized carbons (Fsp3) is 0.400. The molecule has 2 rings (SSSR count). The third-order valence-electron chi connectivity index (χ3n) is 3.29. The second-order valence-corrected chi connectivity index (χ2v) is 5.72. The van der Waals surface area contributed by atoms with Crippen molar-refractivity contribution in [2.75, 3.05) is 14.2 Å². The lowest BCUT2D eigenvalue weighted by Crippen LogP contribution is -2.22. The summed E-state index contributed by atoms with van der Waals surface area (Å²) in [7, 11) is 3.64. The zero-order valence-corrected chi connectivity index (χ0v) is 12.8. The lowest BCUT2D eigenvalue weighted by molar-refractivity contribution is 0.184. The van der Waals surface area contributed by atoms with Gasteiger partial charge >= 0.3 is 0 Å². The first-order chi connectivity index (χ1) is 9.61. The predicted octanol–water partition coefficient (Wildman–Crippen LogP) is 3.62. The third kappa shape index (κ3) is 3.62. The van der Waals surface area contributed by atoms with Crippen molar-refractivity contribution in [3.8, 4) is 0 Å². The number of benzene rings is 1. The highest BCUT2D eigenvalue weighted by Gasteiger charge is 2.16. The Morgan fingerprint density at radius 1 is 1.40 bits per heavy atom. The molecule has 20 heavy (non-hydrogen) atoms. The number of hydrogen-bond donors (Lipinski definition) is 0. The van der Waals surface area contributed by atoms with Crippen molar-refractivity contribution in [2.45, 2.75) is 26.1 Å². The van der Waals surface area contributed by atoms with Crippen molar-refractivity contribution in [3.63, 3.8) is 0 Å². The van der Waals surface area contributed by atoms with Crippen LogP contribution in [0.4, 0.5) is 4.39 Å². The summed E-state index contributed by atoms with van der Waals surface area (Å²) in [6, 6.07) is 6.90. The lowest BCUT2D eigenvalue weighted by atomic mass is 10.1. The Labute approximate surface area is 123 Å². The topological polar surface area (TPSA) is 25.4 Å². The molecule has 0 spiro atoms. The summed E-state index contributed by atoms with van der Waals surface area (Å²) < 4.78 is 18.9. The maximum absolute atomic E-state index is 13.8. The van der Waals surface area contributed by atoms with Crippen molar-refractivity contribution in [3.05, 3.63) is 51.7 Å². The van der Waals surface area contributed by atoms with E-state index < -0.39 is 0 Å². The molecule has 0 bridgehead atoms. The number of nitrogens with zero attached hydrogens (tertiary/aromatic N) is 2. The van der Waals surface area contributed by atoms with Crippen LogP contribution < -0.4 is 0 Å². The van der Waals surface area contributed by atoms with Crippen LogP contribution in [0.1, 0.15) is 29.2 Å². The van der Waals surface area contributed by atoms with Gasteiger partial charge in [-0.2, -0.15) is 0 Å². The summed E-state index contributed by atoms with van der Waals surface area (Å²) >= 11 is 1.59. The molecule has 0 saturated carbocycles. The number of rotatable bonds is 6. The van der Waals surface area contributed by atoms with Crippen LogP contribution in [0.2, 0.25) is 0 Å². The fourth-order valence-corrected chi connectivity index (χ4v) is 2.81. The van der Waals surface area contributed by atoms with E-state index in [9.17, 15) is 4.39 Å². The summed E-state index contributed by atoms with van der Waals surface area (Å²) in [5.41, 5.74) is 1.70. The number of aromatic nitrogens is 1. The van der Waals surface area contributed by atoms with Crippen molar-refractivity contribution >= 4 is 11.3 Å². The van der Waals surface area contributed by atoms with Gasteiger partial charge in [0, 0.05) is 30.6 Å². The molecule has 1 aromatic heterocycles. The van der Waals surface area contributed by atoms with Gasteiger partial charge in [-0.1, -0.05) is 18.2 Å². The van der Waals surface area contributed by atoms with Crippen LogP contribution in [0, 0.1) is 5.82 Å². The van der Waals surface area contributed by atoms with Gasteiger partial charge in [-0.05, 0) is 20.0 Å². The van der Waals surface area contributed by atoms with Gasteiger partial charge in [0.15, 0.2) is 0 Å². The van der Waals surface area contributed by atoms with Gasteiger partial charge in [0.1, 0.15) is 10.8 Å². The largest absolute Gasteiger partial charge is 0.378 e. The first-order valence-electron chi connectivity index (χ1n) is 6.48. The number of halogens is 1. The average molecular weight is 294 g/mol. The molecule has 5 heteroatoms. The molecule has 0 radical (unpaired) electrons. The Hall–Kier alpha value is -1.30. The number of ether oxygens (including phenoxy) is 1. The minimum absolute atomic E-state index is 0.00350. The van der Waals surface area contributed by atoms with Crippen LogP contribution in [0.25, 0.3) is 0 Å². The highest BCUT2D eigenvalue weighted by atomic mass is 32.1. The average Bonchev–Trinajstić information content (AvgIpc) is 2.86. The Kier molecular flexibility index (Phi) is 5.23. The summed E-state index contributed by atoms with van der Waals surface area (Å²) in [6.45, 7) is 3.23. The minimum Gasteiger partial charge on any atom is -0.378 e. The normalized spacial score (nSPS) is 12.8. The molecule has 0 unspecified atom stereocenters. The van der Waals surface area contributed by atoms with Crippen LogP contribution >= 0.6 is 11.3 Å². The molecule has 1 aromatic carbocycles. The highest BCUT2D eigenvalue weighted by Crippen LogP contribution is 2.23. The van der Waals surface area contributed by atoms with E-state index in [4.69, 9.17) is 4.74 Å². The molecule has 2 aromatic rings. The van der Waals surface area contributed by atoms with Gasteiger partial charge in [0.05, 0.1) is 12.3 Å². The van der Waals surface area contributed by atoms with E-state index in [-0.39, 0.29) is 11.9 Å². The number of methoxy groups -OCH3 is 1. The van der Waals surface area contributed by atoms with Crippen molar-refractivity contribution in [1.29, 1.82) is 0 Å². The van der Waals surface area contributed by atoms with E-state index in [0.29, 0.717) is 18.7 Å². The van der Waals surface area contributed by atoms with Crippen molar-refractivity contribution in [2.24, 2.45) is 0 Å². The first-order valence-corrected chi connectivity index (χ1v) is 7.36. The molecule has 0 fully saturated rings. The predicted molar refractivity (Wildman–Crippen MR) is 79.1 cm³/mol. The van der Waals surface area contributed by atoms with Crippen molar-refractivity contribution < 1.29 is 9.13 Å². The van der Waals surface area contributed by atoms with Crippen LogP contribution in [0.5, 0.6) is 0 Å². The minimum atomic E-state index is -0.162. The second-order valence-electron chi connectivity index (χ2n) is 4.78. The molecular weight excluding hydrogens is 275 g/mol. The van der Waals surface area contributed by atoms with Crippen molar-refractivity contribution in [1.82, 2.24) is 9.88 Å². The van der Waals surface area contributed by atoms with Gasteiger partial charge in [-0.3, -0.25) is 4.90 Å². The molecule has 0 amide bonds. The molecule has 0 aliphatic carbocycles. The van der Waals surface area contributed by atoms with Gasteiger partial charge < -0.3 is 4.74 Å². The van der Waals surface area contributed by atoms with E-state index in [2.05, 4.69) is 9.88 Å². The van der Waals surface area contributed by atoms with Gasteiger partial charge in [0.2, 0.25) is 0 Å². The highest BCUT2D eigenvalue weighted by molar-refractivity contribution is 7.09. The Morgan fingerprint density at radius 3 is 2.85 bits per heavy atom. The SMILES string of the molecule is COCc1nc(CN(C)[C@H](C)c2ccccc2F)cs1. The van der Waals surface area contributed by atoms with Crippen LogP contribution in [-0.4, -0.2) is 24.0 Å². The molecule has 0 saturated heterocycles. The smallest absolute Gasteiger partial charge is 0.127 e. The van der Waals surface area contributed by atoms with Gasteiger partial charge in [-0.15, -0.1) is 11.3 Å². The Balaban J connectivity index is 2.03. The van der Waals surface area contributed by atoms with E-state index in [1.165, 1.54) is 6.07 Å². The quantitative estimate of drug-likeness (QED) is 0.813. The molecule has 1 heterocycles. The summed E-state index contributed by atoms with van der Waals surface area (Å²) in [5.74, 6) is -0.162. The van der Waals surface area contributed by atoms with E-state index in [1.807, 2.05) is 31.5 Å². The lowest BCUT2D eigenvalue weighted by Gasteiger charge is -2.24. The van der Waals surface area contributed by atoms with E-state index in [0.717, 1.165) is 10.7 Å². The maximum Gasteiger partial charge on any atom is 0.127 e. The summed E-state index contributed by atoms with van der Waals surface area (Å²) in [6.07, 6.45) is 0. The molecule has 108 valence electrons. The van der Waals surface area contributed by atoms with E-state index >= 15 is 0 Å². The fourth-order valence-electron chi connectivity index (χ4n) is 2.06. The Morgan fingerprint density at radius 2 is 2.15 bits per heavy atom. The second kappa shape index (κ2) is 6.92. The van der Waals surface area contributed by atoms with Gasteiger partial charge in [0.25, 0.3) is 0 Å². The van der Waals surface area contributed by atoms with E-state index in [1.54, 1.807) is 24.5 Å². The molecule has 1 atom stereocenters. The zero-order chi connectivity index (χ0) is 14.5. The standard InChI is InChI=1S/C15H19FN2OS/c1-11(13-6-4-5-7-14(13)16)18(2)8-12-10-20-15(17-12)9-19-3/h4-7,10-11H,8-9H2,1-3H3/t11-/m1/s1. The monoisotopic (exact) mass is 294 g/mol. The molecular formula is C15H19FN2OS. The number of thiazole rings is 1. The third-order valence-corrected chi connectivity index (χ3v) is 4.17. The molecule has 0 aliphatic heterocycles. The molecule has 0 aliphatic rings. The van der Waals surface area contributed by atoms with Crippen LogP contribution in [0.3, 0.4) is 0 Å². The zero-order valence-electron chi connectivity index (χ0n) is 12.0. The van der Waals surface area contributed by atoms with Gasteiger partial charge in [-0.25, -0.2) is 9.37 Å². The summed E-state index contributed by atoms with van der Waals surface area (Å²) in [4.78, 5) is 6.58. The molecule has 3 nitrogen and oxygen atoms in total. The molecule has 0 N–H and O–H groups in total. The van der Waals surface area contributed by atoms with Crippen LogP contribution in [0.15, 0.2) is 29.6 Å². The first kappa shape index (κ1) is 15.1. The van der Waals surface area contributed by atoms with Crippen LogP contribution in [-0.2, 0) is 17.9 Å². The summed E-state index contributed by atoms with van der Waals surface area (Å²) in [5, 5.41) is 2.99. The number of hydrogen-bond acceptors (Lipinski definition) is 4.